The number of anilines is 1. The third kappa shape index (κ3) is 3.75. The Morgan fingerprint density at radius 3 is 2.52 bits per heavy atom. The Kier molecular flexibility index (Phi) is 5.60. The van der Waals surface area contributed by atoms with Crippen molar-refractivity contribution in [3.63, 3.8) is 0 Å². The zero-order valence-electron chi connectivity index (χ0n) is 15.6. The van der Waals surface area contributed by atoms with Crippen LogP contribution in [0.4, 0.5) is 14.6 Å². The van der Waals surface area contributed by atoms with Gasteiger partial charge >= 0.3 is 0 Å². The van der Waals surface area contributed by atoms with Crippen molar-refractivity contribution in [2.24, 2.45) is 10.8 Å². The zero-order chi connectivity index (χ0) is 20.3. The van der Waals surface area contributed by atoms with Crippen molar-refractivity contribution in [2.75, 3.05) is 11.6 Å². The molecule has 2 N–H and O–H groups in total. The van der Waals surface area contributed by atoms with Crippen molar-refractivity contribution < 1.29 is 8.78 Å². The predicted molar refractivity (Wildman–Crippen MR) is 114 cm³/mol. The van der Waals surface area contributed by atoms with E-state index in [1.54, 1.807) is 6.20 Å². The number of rotatable bonds is 6. The molecule has 29 heavy (non-hydrogen) atoms. The summed E-state index contributed by atoms with van der Waals surface area (Å²) in [5.41, 5.74) is 6.97. The lowest BCUT2D eigenvalue weighted by molar-refractivity contribution is 0.523. The van der Waals surface area contributed by atoms with Crippen molar-refractivity contribution in [1.29, 1.82) is 0 Å². The lowest BCUT2D eigenvalue weighted by atomic mass is 10.00. The van der Waals surface area contributed by atoms with Gasteiger partial charge in [-0.25, -0.2) is 18.8 Å². The van der Waals surface area contributed by atoms with Gasteiger partial charge in [-0.05, 0) is 55.3 Å². The van der Waals surface area contributed by atoms with Crippen LogP contribution in [-0.4, -0.2) is 16.6 Å². The number of thioether (sulfide) groups is 1. The number of nitrogens with two attached hydrogens (primary N) is 1. The standard InChI is InChI=1S/C22H20F2N4S/c23-17-10-11-19(24)18(15-17)21-27-28(20-9-4-5-14-26-20)22(29-21,12-6-13-25)16-7-2-1-3-8-16/h1-5,7-11,14-15H,6,12-13,25H2. The van der Waals surface area contributed by atoms with Crippen LogP contribution in [-0.2, 0) is 4.87 Å². The number of pyridine rings is 1. The number of hydrazone groups is 1. The summed E-state index contributed by atoms with van der Waals surface area (Å²) in [6.07, 6.45) is 3.09. The van der Waals surface area contributed by atoms with Gasteiger partial charge in [-0.2, -0.15) is 5.10 Å². The Hall–Kier alpha value is -2.77. The first-order valence-corrected chi connectivity index (χ1v) is 10.2. The van der Waals surface area contributed by atoms with E-state index in [1.165, 1.54) is 17.8 Å². The van der Waals surface area contributed by atoms with E-state index in [9.17, 15) is 8.78 Å². The summed E-state index contributed by atoms with van der Waals surface area (Å²) >= 11 is 1.40. The van der Waals surface area contributed by atoms with Gasteiger partial charge in [0.1, 0.15) is 21.5 Å². The molecule has 0 aliphatic carbocycles. The molecule has 0 bridgehead atoms. The van der Waals surface area contributed by atoms with Gasteiger partial charge < -0.3 is 5.73 Å². The summed E-state index contributed by atoms with van der Waals surface area (Å²) in [6, 6.07) is 18.9. The number of benzene rings is 2. The first kappa shape index (κ1) is 19.5. The second-order valence-electron chi connectivity index (χ2n) is 6.67. The summed E-state index contributed by atoms with van der Waals surface area (Å²) < 4.78 is 28.4. The minimum atomic E-state index is -0.664. The summed E-state index contributed by atoms with van der Waals surface area (Å²) in [4.78, 5) is 3.80. The maximum absolute atomic E-state index is 14.5. The molecule has 0 saturated heterocycles. The highest BCUT2D eigenvalue weighted by molar-refractivity contribution is 8.15. The third-order valence-corrected chi connectivity index (χ3v) is 6.21. The number of hydrogen-bond acceptors (Lipinski definition) is 5. The van der Waals surface area contributed by atoms with Crippen molar-refractivity contribution >= 4 is 22.6 Å². The molecule has 7 heteroatoms. The maximum Gasteiger partial charge on any atom is 0.150 e. The fraction of sp³-hybridized carbons (Fsp3) is 0.182. The average molecular weight is 410 g/mol. The highest BCUT2D eigenvalue weighted by Crippen LogP contribution is 2.51. The molecule has 4 nitrogen and oxygen atoms in total. The SMILES string of the molecule is NCCCC1(c2ccccc2)SC(c2cc(F)ccc2F)=NN1c1ccccn1. The Bertz CT molecular complexity index is 1010. The summed E-state index contributed by atoms with van der Waals surface area (Å²) in [5, 5.41) is 6.93. The smallest absolute Gasteiger partial charge is 0.150 e. The molecule has 1 aromatic heterocycles. The van der Waals surface area contributed by atoms with Crippen LogP contribution in [0.15, 0.2) is 78.0 Å². The highest BCUT2D eigenvalue weighted by atomic mass is 32.2. The summed E-state index contributed by atoms with van der Waals surface area (Å²) in [6.45, 7) is 0.509. The van der Waals surface area contributed by atoms with Gasteiger partial charge in [-0.3, -0.25) is 0 Å². The fourth-order valence-corrected chi connectivity index (χ4v) is 4.83. The number of halogens is 2. The molecule has 1 aliphatic heterocycles. The molecule has 0 radical (unpaired) electrons. The quantitative estimate of drug-likeness (QED) is 0.630. The molecular weight excluding hydrogens is 390 g/mol. The monoisotopic (exact) mass is 410 g/mol. The lowest BCUT2D eigenvalue weighted by Gasteiger charge is -2.36. The Morgan fingerprint density at radius 1 is 1.00 bits per heavy atom. The van der Waals surface area contributed by atoms with Gasteiger partial charge in [0.25, 0.3) is 0 Å². The van der Waals surface area contributed by atoms with E-state index in [2.05, 4.69) is 4.98 Å². The van der Waals surface area contributed by atoms with E-state index in [0.29, 0.717) is 23.8 Å². The average Bonchev–Trinajstić information content (AvgIpc) is 3.16. The van der Waals surface area contributed by atoms with Crippen LogP contribution in [0.5, 0.6) is 0 Å². The van der Waals surface area contributed by atoms with Crippen LogP contribution in [0.2, 0.25) is 0 Å². The zero-order valence-corrected chi connectivity index (χ0v) is 16.4. The topological polar surface area (TPSA) is 54.5 Å². The van der Waals surface area contributed by atoms with Crippen LogP contribution in [0, 0.1) is 11.6 Å². The molecule has 0 saturated carbocycles. The number of hydrogen-bond donors (Lipinski definition) is 1. The molecule has 2 aromatic carbocycles. The van der Waals surface area contributed by atoms with Crippen molar-refractivity contribution in [3.05, 3.63) is 95.7 Å². The van der Waals surface area contributed by atoms with E-state index in [1.807, 2.05) is 53.5 Å². The van der Waals surface area contributed by atoms with Crippen LogP contribution in [0.25, 0.3) is 0 Å². The molecule has 1 aliphatic rings. The van der Waals surface area contributed by atoms with E-state index in [0.717, 1.165) is 24.1 Å². The van der Waals surface area contributed by atoms with Gasteiger partial charge in [0.05, 0.1) is 0 Å². The molecule has 148 valence electrons. The highest BCUT2D eigenvalue weighted by Gasteiger charge is 2.46. The van der Waals surface area contributed by atoms with E-state index in [-0.39, 0.29) is 5.56 Å². The lowest BCUT2D eigenvalue weighted by Crippen LogP contribution is -2.38. The molecule has 0 spiro atoms. The van der Waals surface area contributed by atoms with Gasteiger partial charge in [0, 0.05) is 11.8 Å². The minimum Gasteiger partial charge on any atom is -0.330 e. The first-order valence-electron chi connectivity index (χ1n) is 9.34. The number of aromatic nitrogens is 1. The Morgan fingerprint density at radius 2 is 1.79 bits per heavy atom. The molecular formula is C22H20F2N4S. The van der Waals surface area contributed by atoms with Gasteiger partial charge in [0.15, 0.2) is 5.82 Å². The summed E-state index contributed by atoms with van der Waals surface area (Å²) in [5.74, 6) is -0.387. The van der Waals surface area contributed by atoms with E-state index >= 15 is 0 Å². The third-order valence-electron chi connectivity index (χ3n) is 4.77. The van der Waals surface area contributed by atoms with Crippen LogP contribution >= 0.6 is 11.8 Å². The molecule has 2 heterocycles. The maximum atomic E-state index is 14.5. The fourth-order valence-electron chi connectivity index (χ4n) is 3.40. The van der Waals surface area contributed by atoms with Gasteiger partial charge in [-0.1, -0.05) is 48.2 Å². The first-order chi connectivity index (χ1) is 14.1. The van der Waals surface area contributed by atoms with Crippen LogP contribution in [0.3, 0.4) is 0 Å². The van der Waals surface area contributed by atoms with E-state index < -0.39 is 16.5 Å². The van der Waals surface area contributed by atoms with Crippen LogP contribution < -0.4 is 10.7 Å². The van der Waals surface area contributed by atoms with Crippen molar-refractivity contribution in [2.45, 2.75) is 17.7 Å². The normalized spacial score (nSPS) is 18.7. The predicted octanol–water partition coefficient (Wildman–Crippen LogP) is 4.87. The van der Waals surface area contributed by atoms with Crippen molar-refractivity contribution in [3.8, 4) is 0 Å². The molecule has 0 amide bonds. The van der Waals surface area contributed by atoms with Gasteiger partial charge in [0.2, 0.25) is 0 Å². The molecule has 1 atom stereocenters. The van der Waals surface area contributed by atoms with Gasteiger partial charge in [-0.15, -0.1) is 0 Å². The molecule has 0 fully saturated rings. The van der Waals surface area contributed by atoms with Crippen molar-refractivity contribution in [1.82, 2.24) is 4.98 Å². The molecule has 3 aromatic rings. The van der Waals surface area contributed by atoms with Crippen LogP contribution in [0.1, 0.15) is 24.0 Å². The molecule has 4 rings (SSSR count). The minimum absolute atomic E-state index is 0.140. The molecule has 1 unspecified atom stereocenters. The Labute approximate surface area is 172 Å². The second kappa shape index (κ2) is 8.31. The second-order valence-corrected chi connectivity index (χ2v) is 7.94. The largest absolute Gasteiger partial charge is 0.330 e. The Balaban J connectivity index is 1.88. The summed E-state index contributed by atoms with van der Waals surface area (Å²) in [7, 11) is 0. The number of nitrogens with zero attached hydrogens (tertiary/aromatic N) is 3. The van der Waals surface area contributed by atoms with E-state index in [4.69, 9.17) is 10.8 Å².